The molecule has 1 aromatic carbocycles. The van der Waals surface area contributed by atoms with Crippen LogP contribution < -0.4 is 16.4 Å². The third kappa shape index (κ3) is 4.14. The van der Waals surface area contributed by atoms with Gasteiger partial charge in [0.2, 0.25) is 0 Å². The lowest BCUT2D eigenvalue weighted by Gasteiger charge is -2.23. The molecule has 1 atom stereocenters. The van der Waals surface area contributed by atoms with E-state index < -0.39 is 0 Å². The predicted octanol–water partition coefficient (Wildman–Crippen LogP) is 3.47. The van der Waals surface area contributed by atoms with E-state index in [9.17, 15) is 4.79 Å². The summed E-state index contributed by atoms with van der Waals surface area (Å²) in [4.78, 5) is 17.0. The largest absolute Gasteiger partial charge is 0.383 e. The van der Waals surface area contributed by atoms with E-state index in [0.717, 1.165) is 37.1 Å². The molecule has 2 fully saturated rings. The summed E-state index contributed by atoms with van der Waals surface area (Å²) in [6.45, 7) is 2.14. The summed E-state index contributed by atoms with van der Waals surface area (Å²) < 4.78 is 0. The van der Waals surface area contributed by atoms with E-state index in [1.54, 1.807) is 6.20 Å². The summed E-state index contributed by atoms with van der Waals surface area (Å²) in [7, 11) is 0. The summed E-state index contributed by atoms with van der Waals surface area (Å²) in [5.41, 5.74) is 9.82. The summed E-state index contributed by atoms with van der Waals surface area (Å²) in [6.07, 6.45) is 8.67. The monoisotopic (exact) mass is 364 g/mol. The number of aromatic nitrogens is 1. The van der Waals surface area contributed by atoms with Crippen molar-refractivity contribution in [1.29, 1.82) is 0 Å². The maximum absolute atomic E-state index is 12.7. The van der Waals surface area contributed by atoms with Crippen molar-refractivity contribution in [2.75, 3.05) is 18.8 Å². The van der Waals surface area contributed by atoms with Gasteiger partial charge in [0, 0.05) is 24.3 Å². The van der Waals surface area contributed by atoms with Gasteiger partial charge in [0.1, 0.15) is 5.82 Å². The van der Waals surface area contributed by atoms with E-state index >= 15 is 0 Å². The number of hydrogen-bond donors (Lipinski definition) is 3. The number of carbonyl (C=O) groups is 1. The molecular weight excluding hydrogens is 336 g/mol. The van der Waals surface area contributed by atoms with Crippen LogP contribution in [-0.4, -0.2) is 30.0 Å². The maximum atomic E-state index is 12.7. The molecule has 1 aliphatic carbocycles. The number of pyridine rings is 1. The minimum Gasteiger partial charge on any atom is -0.383 e. The molecule has 5 nitrogen and oxygen atoms in total. The highest BCUT2D eigenvalue weighted by Crippen LogP contribution is 2.27. The summed E-state index contributed by atoms with van der Waals surface area (Å²) >= 11 is 0. The molecule has 1 amide bonds. The van der Waals surface area contributed by atoms with Gasteiger partial charge in [0.05, 0.1) is 5.56 Å². The average molecular weight is 364 g/mol. The van der Waals surface area contributed by atoms with Gasteiger partial charge in [-0.25, -0.2) is 4.98 Å². The lowest BCUT2D eigenvalue weighted by Crippen LogP contribution is -2.36. The number of anilines is 1. The van der Waals surface area contributed by atoms with E-state index in [2.05, 4.69) is 39.9 Å². The molecule has 2 heterocycles. The first-order valence-corrected chi connectivity index (χ1v) is 10.1. The molecule has 4 N–H and O–H groups in total. The second-order valence-corrected chi connectivity index (χ2v) is 7.78. The number of nitrogens with zero attached hydrogens (tertiary/aromatic N) is 1. The van der Waals surface area contributed by atoms with Gasteiger partial charge in [-0.15, -0.1) is 0 Å². The highest BCUT2D eigenvalue weighted by molar-refractivity contribution is 5.99. The third-order valence-corrected chi connectivity index (χ3v) is 5.88. The van der Waals surface area contributed by atoms with Crippen LogP contribution >= 0.6 is 0 Å². The fourth-order valence-corrected chi connectivity index (χ4v) is 4.21. The molecule has 1 aromatic heterocycles. The first-order valence-electron chi connectivity index (χ1n) is 10.1. The Labute approximate surface area is 160 Å². The van der Waals surface area contributed by atoms with Crippen molar-refractivity contribution in [1.82, 2.24) is 15.6 Å². The van der Waals surface area contributed by atoms with E-state index in [4.69, 9.17) is 5.73 Å². The molecular formula is C22H28N4O. The van der Waals surface area contributed by atoms with E-state index in [-0.39, 0.29) is 11.9 Å². The smallest absolute Gasteiger partial charge is 0.255 e. The molecule has 5 heteroatoms. The summed E-state index contributed by atoms with van der Waals surface area (Å²) in [6, 6.07) is 10.7. The normalized spacial score (nSPS) is 20.5. The molecule has 1 unspecified atom stereocenters. The Morgan fingerprint density at radius 1 is 1.07 bits per heavy atom. The van der Waals surface area contributed by atoms with Gasteiger partial charge in [-0.05, 0) is 48.9 Å². The van der Waals surface area contributed by atoms with Crippen molar-refractivity contribution in [2.24, 2.45) is 0 Å². The Morgan fingerprint density at radius 2 is 1.85 bits per heavy atom. The van der Waals surface area contributed by atoms with Crippen LogP contribution in [0, 0.1) is 0 Å². The van der Waals surface area contributed by atoms with Crippen LogP contribution in [0.2, 0.25) is 0 Å². The molecule has 0 spiro atoms. The second kappa shape index (κ2) is 8.09. The highest BCUT2D eigenvalue weighted by Gasteiger charge is 2.20. The number of hydrogen-bond acceptors (Lipinski definition) is 4. The third-order valence-electron chi connectivity index (χ3n) is 5.88. The minimum absolute atomic E-state index is 0.109. The SMILES string of the molecule is Nc1ncc(-c2ccc(C3CCNC3)cc2)cc1C(=O)NC1CCCCC1. The van der Waals surface area contributed by atoms with Crippen molar-refractivity contribution in [3.8, 4) is 11.1 Å². The van der Waals surface area contributed by atoms with Crippen molar-refractivity contribution in [2.45, 2.75) is 50.5 Å². The number of rotatable bonds is 4. The zero-order valence-electron chi connectivity index (χ0n) is 15.7. The Morgan fingerprint density at radius 3 is 2.56 bits per heavy atom. The van der Waals surface area contributed by atoms with Gasteiger partial charge in [-0.1, -0.05) is 43.5 Å². The number of nitrogens with one attached hydrogen (secondary N) is 2. The van der Waals surface area contributed by atoms with E-state index in [1.807, 2.05) is 6.07 Å². The van der Waals surface area contributed by atoms with Crippen molar-refractivity contribution in [3.63, 3.8) is 0 Å². The van der Waals surface area contributed by atoms with E-state index in [1.165, 1.54) is 31.2 Å². The molecule has 1 saturated heterocycles. The van der Waals surface area contributed by atoms with Crippen molar-refractivity contribution < 1.29 is 4.79 Å². The van der Waals surface area contributed by atoms with Crippen LogP contribution in [0.3, 0.4) is 0 Å². The molecule has 27 heavy (non-hydrogen) atoms. The van der Waals surface area contributed by atoms with Crippen LogP contribution in [0.1, 0.15) is 60.4 Å². The van der Waals surface area contributed by atoms with Crippen molar-refractivity contribution >= 4 is 11.7 Å². The van der Waals surface area contributed by atoms with Crippen LogP contribution in [-0.2, 0) is 0 Å². The number of nitrogen functional groups attached to an aromatic ring is 1. The Bertz CT molecular complexity index is 790. The zero-order chi connectivity index (χ0) is 18.6. The summed E-state index contributed by atoms with van der Waals surface area (Å²) in [5, 5.41) is 6.54. The van der Waals surface area contributed by atoms with Gasteiger partial charge >= 0.3 is 0 Å². The second-order valence-electron chi connectivity index (χ2n) is 7.78. The predicted molar refractivity (Wildman–Crippen MR) is 109 cm³/mol. The molecule has 0 bridgehead atoms. The molecule has 4 rings (SSSR count). The standard InChI is InChI=1S/C22H28N4O/c23-21-20(22(27)26-19-4-2-1-3-5-19)12-18(14-25-21)16-8-6-15(7-9-16)17-10-11-24-13-17/h6-9,12,14,17,19,24H,1-5,10-11,13H2,(H2,23,25)(H,26,27). The highest BCUT2D eigenvalue weighted by atomic mass is 16.1. The Kier molecular flexibility index (Phi) is 5.39. The quantitative estimate of drug-likeness (QED) is 0.776. The topological polar surface area (TPSA) is 80.0 Å². The number of carbonyl (C=O) groups excluding carboxylic acids is 1. The van der Waals surface area contributed by atoms with Crippen LogP contribution in [0.4, 0.5) is 5.82 Å². The van der Waals surface area contributed by atoms with Gasteiger partial charge in [0.15, 0.2) is 0 Å². The van der Waals surface area contributed by atoms with Crippen LogP contribution in [0.15, 0.2) is 36.5 Å². The fourth-order valence-electron chi connectivity index (χ4n) is 4.21. The summed E-state index contributed by atoms with van der Waals surface area (Å²) in [5.74, 6) is 0.781. The minimum atomic E-state index is -0.109. The number of amides is 1. The van der Waals surface area contributed by atoms with Crippen LogP contribution in [0.25, 0.3) is 11.1 Å². The Balaban J connectivity index is 1.51. The lowest BCUT2D eigenvalue weighted by molar-refractivity contribution is 0.0928. The van der Waals surface area contributed by atoms with Gasteiger partial charge < -0.3 is 16.4 Å². The molecule has 1 saturated carbocycles. The van der Waals surface area contributed by atoms with E-state index in [0.29, 0.717) is 17.3 Å². The Hall–Kier alpha value is -2.40. The lowest BCUT2D eigenvalue weighted by atomic mass is 9.95. The molecule has 2 aromatic rings. The first-order chi connectivity index (χ1) is 13.2. The van der Waals surface area contributed by atoms with Crippen LogP contribution in [0.5, 0.6) is 0 Å². The maximum Gasteiger partial charge on any atom is 0.255 e. The zero-order valence-corrected chi connectivity index (χ0v) is 15.7. The fraction of sp³-hybridized carbons (Fsp3) is 0.455. The van der Waals surface area contributed by atoms with Gasteiger partial charge in [-0.3, -0.25) is 4.79 Å². The number of nitrogens with two attached hydrogens (primary N) is 1. The van der Waals surface area contributed by atoms with Gasteiger partial charge in [-0.2, -0.15) is 0 Å². The molecule has 0 radical (unpaired) electrons. The number of benzene rings is 1. The first kappa shape index (κ1) is 18.0. The molecule has 1 aliphatic heterocycles. The van der Waals surface area contributed by atoms with Gasteiger partial charge in [0.25, 0.3) is 5.91 Å². The van der Waals surface area contributed by atoms with Crippen molar-refractivity contribution in [3.05, 3.63) is 47.7 Å². The molecule has 2 aliphatic rings. The average Bonchev–Trinajstić information content (AvgIpc) is 3.24. The molecule has 142 valence electrons.